The number of nitrogens with zero attached hydrogens (tertiary/aromatic N) is 1. The van der Waals surface area contributed by atoms with Crippen molar-refractivity contribution in [3.05, 3.63) is 52.2 Å². The lowest BCUT2D eigenvalue weighted by Gasteiger charge is -2.10. The Morgan fingerprint density at radius 1 is 1.36 bits per heavy atom. The van der Waals surface area contributed by atoms with Gasteiger partial charge in [-0.15, -0.1) is 0 Å². The van der Waals surface area contributed by atoms with E-state index in [0.717, 1.165) is 12.0 Å². The molecule has 1 unspecified atom stereocenters. The van der Waals surface area contributed by atoms with E-state index in [1.807, 2.05) is 41.1 Å². The van der Waals surface area contributed by atoms with Gasteiger partial charge in [0, 0.05) is 5.56 Å². The summed E-state index contributed by atoms with van der Waals surface area (Å²) in [4.78, 5) is 11.6. The number of rotatable bonds is 7. The Morgan fingerprint density at radius 3 is 2.77 bits per heavy atom. The zero-order valence-electron chi connectivity index (χ0n) is 12.8. The molecule has 1 amide bonds. The minimum atomic E-state index is -0.280. The van der Waals surface area contributed by atoms with Crippen molar-refractivity contribution in [2.75, 3.05) is 6.61 Å². The number of thiophene rings is 1. The van der Waals surface area contributed by atoms with Crippen molar-refractivity contribution in [2.45, 2.75) is 26.2 Å². The van der Waals surface area contributed by atoms with Gasteiger partial charge in [-0.25, -0.2) is 5.43 Å². The average molecular weight is 316 g/mol. The van der Waals surface area contributed by atoms with E-state index in [4.69, 9.17) is 4.74 Å². The second-order valence-corrected chi connectivity index (χ2v) is 5.80. The molecule has 0 aliphatic rings. The van der Waals surface area contributed by atoms with Crippen LogP contribution in [-0.2, 0) is 4.79 Å². The summed E-state index contributed by atoms with van der Waals surface area (Å²) < 4.78 is 5.44. The van der Waals surface area contributed by atoms with Crippen molar-refractivity contribution in [1.29, 1.82) is 0 Å². The predicted octanol–water partition coefficient (Wildman–Crippen LogP) is 3.79. The fourth-order valence-electron chi connectivity index (χ4n) is 1.84. The van der Waals surface area contributed by atoms with Crippen LogP contribution in [0.3, 0.4) is 0 Å². The van der Waals surface area contributed by atoms with Crippen LogP contribution in [0.25, 0.3) is 0 Å². The highest BCUT2D eigenvalue weighted by Crippen LogP contribution is 2.21. The Morgan fingerprint density at radius 2 is 2.14 bits per heavy atom. The molecule has 1 aromatic heterocycles. The Bertz CT molecular complexity index is 606. The summed E-state index contributed by atoms with van der Waals surface area (Å²) in [6, 6.07) is 9.79. The van der Waals surface area contributed by atoms with Crippen LogP contribution in [0.2, 0.25) is 0 Å². The third-order valence-electron chi connectivity index (χ3n) is 3.38. The van der Waals surface area contributed by atoms with Crippen molar-refractivity contribution < 1.29 is 9.53 Å². The van der Waals surface area contributed by atoms with Gasteiger partial charge in [-0.05, 0) is 46.9 Å². The molecule has 2 rings (SSSR count). The van der Waals surface area contributed by atoms with Crippen LogP contribution < -0.4 is 10.2 Å². The topological polar surface area (TPSA) is 50.7 Å². The number of nitrogens with one attached hydrogen (secondary N) is 1. The van der Waals surface area contributed by atoms with Gasteiger partial charge in [0.1, 0.15) is 5.75 Å². The summed E-state index contributed by atoms with van der Waals surface area (Å²) in [7, 11) is 0. The minimum absolute atomic E-state index is 0.0519. The van der Waals surface area contributed by atoms with Crippen molar-refractivity contribution in [3.63, 3.8) is 0 Å². The Labute approximate surface area is 134 Å². The first-order chi connectivity index (χ1) is 10.7. The van der Waals surface area contributed by atoms with E-state index in [9.17, 15) is 4.79 Å². The molecule has 0 fully saturated rings. The number of carbonyl (C=O) groups is 1. The molecule has 0 aliphatic carbocycles. The van der Waals surface area contributed by atoms with Gasteiger partial charge in [0.05, 0.1) is 6.21 Å². The van der Waals surface area contributed by atoms with E-state index in [2.05, 4.69) is 24.4 Å². The van der Waals surface area contributed by atoms with Crippen LogP contribution >= 0.6 is 11.3 Å². The quantitative estimate of drug-likeness (QED) is 0.624. The minimum Gasteiger partial charge on any atom is -0.484 e. The van der Waals surface area contributed by atoms with E-state index in [0.29, 0.717) is 11.7 Å². The summed E-state index contributed by atoms with van der Waals surface area (Å²) in [5.74, 6) is 0.935. The van der Waals surface area contributed by atoms with Crippen LogP contribution in [0, 0.1) is 0 Å². The third kappa shape index (κ3) is 5.00. The van der Waals surface area contributed by atoms with Gasteiger partial charge in [-0.1, -0.05) is 26.0 Å². The zero-order chi connectivity index (χ0) is 15.8. The molecule has 116 valence electrons. The predicted molar refractivity (Wildman–Crippen MR) is 90.7 cm³/mol. The molecule has 22 heavy (non-hydrogen) atoms. The molecule has 0 aliphatic heterocycles. The maximum Gasteiger partial charge on any atom is 0.277 e. The monoisotopic (exact) mass is 316 g/mol. The lowest BCUT2D eigenvalue weighted by molar-refractivity contribution is -0.123. The highest BCUT2D eigenvalue weighted by atomic mass is 32.1. The fraction of sp³-hybridized carbons (Fsp3) is 0.294. The van der Waals surface area contributed by atoms with E-state index in [1.165, 1.54) is 5.56 Å². The van der Waals surface area contributed by atoms with Gasteiger partial charge in [0.25, 0.3) is 5.91 Å². The summed E-state index contributed by atoms with van der Waals surface area (Å²) >= 11 is 1.58. The summed E-state index contributed by atoms with van der Waals surface area (Å²) in [5.41, 5.74) is 4.68. The maximum absolute atomic E-state index is 11.6. The SMILES string of the molecule is CCC(C)c1ccc(OCC(=O)N/N=C/c2ccsc2)cc1. The lowest BCUT2D eigenvalue weighted by Crippen LogP contribution is -2.24. The third-order valence-corrected chi connectivity index (χ3v) is 4.08. The molecule has 0 saturated carbocycles. The Hall–Kier alpha value is -2.14. The smallest absolute Gasteiger partial charge is 0.277 e. The molecule has 1 N–H and O–H groups in total. The lowest BCUT2D eigenvalue weighted by atomic mass is 9.99. The van der Waals surface area contributed by atoms with Crippen LogP contribution in [0.5, 0.6) is 5.75 Å². The van der Waals surface area contributed by atoms with Gasteiger partial charge in [0.2, 0.25) is 0 Å². The molecule has 1 atom stereocenters. The van der Waals surface area contributed by atoms with Crippen molar-refractivity contribution >= 4 is 23.5 Å². The number of amides is 1. The van der Waals surface area contributed by atoms with Crippen molar-refractivity contribution in [2.24, 2.45) is 5.10 Å². The highest BCUT2D eigenvalue weighted by molar-refractivity contribution is 7.08. The number of hydrogen-bond donors (Lipinski definition) is 1. The standard InChI is InChI=1S/C17H20N2O2S/c1-3-13(2)15-4-6-16(7-5-15)21-11-17(20)19-18-10-14-8-9-22-12-14/h4-10,12-13H,3,11H2,1-2H3,(H,19,20)/b18-10+. The van der Waals surface area contributed by atoms with Gasteiger partial charge in [-0.2, -0.15) is 16.4 Å². The van der Waals surface area contributed by atoms with Gasteiger partial charge in [-0.3, -0.25) is 4.79 Å². The van der Waals surface area contributed by atoms with Crippen LogP contribution in [0.4, 0.5) is 0 Å². The van der Waals surface area contributed by atoms with Gasteiger partial charge in [0.15, 0.2) is 6.61 Å². The molecule has 0 spiro atoms. The first-order valence-electron chi connectivity index (χ1n) is 7.26. The first-order valence-corrected chi connectivity index (χ1v) is 8.20. The van der Waals surface area contributed by atoms with E-state index < -0.39 is 0 Å². The highest BCUT2D eigenvalue weighted by Gasteiger charge is 2.04. The van der Waals surface area contributed by atoms with Crippen molar-refractivity contribution in [1.82, 2.24) is 5.43 Å². The Kier molecular flexibility index (Phi) is 6.15. The number of hydrogen-bond acceptors (Lipinski definition) is 4. The molecule has 4 nitrogen and oxygen atoms in total. The second kappa shape index (κ2) is 8.34. The summed E-state index contributed by atoms with van der Waals surface area (Å²) in [6.45, 7) is 4.30. The largest absolute Gasteiger partial charge is 0.484 e. The molecular formula is C17H20N2O2S. The van der Waals surface area contributed by atoms with Gasteiger partial charge < -0.3 is 4.74 Å². The molecule has 0 bridgehead atoms. The van der Waals surface area contributed by atoms with E-state index >= 15 is 0 Å². The number of hydrazone groups is 1. The first kappa shape index (κ1) is 16.2. The number of carbonyl (C=O) groups excluding carboxylic acids is 1. The van der Waals surface area contributed by atoms with Crippen LogP contribution in [-0.4, -0.2) is 18.7 Å². The van der Waals surface area contributed by atoms with Crippen molar-refractivity contribution in [3.8, 4) is 5.75 Å². The molecule has 0 radical (unpaired) electrons. The normalized spacial score (nSPS) is 12.3. The molecule has 2 aromatic rings. The summed E-state index contributed by atoms with van der Waals surface area (Å²) in [5, 5.41) is 7.78. The number of ether oxygens (including phenoxy) is 1. The van der Waals surface area contributed by atoms with Crippen LogP contribution in [0.1, 0.15) is 37.3 Å². The van der Waals surface area contributed by atoms with Crippen LogP contribution in [0.15, 0.2) is 46.2 Å². The maximum atomic E-state index is 11.6. The number of benzene rings is 1. The zero-order valence-corrected chi connectivity index (χ0v) is 13.6. The average Bonchev–Trinajstić information content (AvgIpc) is 3.06. The molecular weight excluding hydrogens is 296 g/mol. The Balaban J connectivity index is 1.76. The molecule has 1 heterocycles. The fourth-order valence-corrected chi connectivity index (χ4v) is 2.45. The second-order valence-electron chi connectivity index (χ2n) is 5.02. The summed E-state index contributed by atoms with van der Waals surface area (Å²) in [6.07, 6.45) is 2.71. The van der Waals surface area contributed by atoms with E-state index in [1.54, 1.807) is 17.6 Å². The van der Waals surface area contributed by atoms with Gasteiger partial charge >= 0.3 is 0 Å². The molecule has 0 saturated heterocycles. The molecule has 1 aromatic carbocycles. The molecule has 5 heteroatoms. The van der Waals surface area contributed by atoms with E-state index in [-0.39, 0.29) is 12.5 Å².